The molecule has 3 aromatic rings. The number of azide groups is 1. The van der Waals surface area contributed by atoms with Gasteiger partial charge >= 0.3 is 6.03 Å². The number of benzene rings is 2. The van der Waals surface area contributed by atoms with E-state index in [4.69, 9.17) is 10.3 Å². The van der Waals surface area contributed by atoms with E-state index >= 15 is 0 Å². The number of anilines is 1. The van der Waals surface area contributed by atoms with Gasteiger partial charge in [-0.05, 0) is 29.3 Å². The van der Waals surface area contributed by atoms with E-state index in [1.165, 1.54) is 22.3 Å². The predicted octanol–water partition coefficient (Wildman–Crippen LogP) is 4.60. The summed E-state index contributed by atoms with van der Waals surface area (Å²) in [7, 11) is 1.55. The number of urea groups is 1. The minimum atomic E-state index is -0.738. The second-order valence-corrected chi connectivity index (χ2v) is 6.79. The summed E-state index contributed by atoms with van der Waals surface area (Å²) < 4.78 is 19.7. The first-order valence-corrected chi connectivity index (χ1v) is 9.32. The Hall–Kier alpha value is -3.62. The number of amides is 3. The molecule has 0 unspecified atom stereocenters. The van der Waals surface area contributed by atoms with Gasteiger partial charge in [0.15, 0.2) is 0 Å². The number of rotatable bonds is 6. The highest BCUT2D eigenvalue weighted by atomic mass is 32.1. The van der Waals surface area contributed by atoms with E-state index in [9.17, 15) is 14.0 Å². The highest BCUT2D eigenvalue weighted by Crippen LogP contribution is 2.35. The molecule has 8 nitrogen and oxygen atoms in total. The average Bonchev–Trinajstić information content (AvgIpc) is 3.16. The summed E-state index contributed by atoms with van der Waals surface area (Å²) in [5.41, 5.74) is 9.57. The molecule has 10 heteroatoms. The van der Waals surface area contributed by atoms with Gasteiger partial charge < -0.3 is 4.74 Å². The molecule has 0 radical (unpaired) electrons. The Bertz CT molecular complexity index is 1090. The third-order valence-electron chi connectivity index (χ3n) is 4.09. The van der Waals surface area contributed by atoms with E-state index in [2.05, 4.69) is 15.3 Å². The fraction of sp³-hybridized carbons (Fsp3) is 0.158. The van der Waals surface area contributed by atoms with Gasteiger partial charge in [-0.2, -0.15) is 0 Å². The van der Waals surface area contributed by atoms with E-state index in [-0.39, 0.29) is 12.4 Å². The van der Waals surface area contributed by atoms with Crippen LogP contribution in [0.5, 0.6) is 5.75 Å². The van der Waals surface area contributed by atoms with E-state index in [0.717, 1.165) is 5.56 Å². The van der Waals surface area contributed by atoms with Gasteiger partial charge in [0.2, 0.25) is 5.91 Å². The van der Waals surface area contributed by atoms with Crippen LogP contribution in [-0.4, -0.2) is 25.6 Å². The lowest BCUT2D eigenvalue weighted by molar-refractivity contribution is -0.118. The topological polar surface area (TPSA) is 107 Å². The van der Waals surface area contributed by atoms with Crippen molar-refractivity contribution >= 4 is 39.0 Å². The van der Waals surface area contributed by atoms with Gasteiger partial charge in [0.25, 0.3) is 0 Å². The molecule has 0 saturated heterocycles. The van der Waals surface area contributed by atoms with Crippen LogP contribution in [0.1, 0.15) is 5.56 Å². The average molecular weight is 413 g/mol. The zero-order chi connectivity index (χ0) is 20.8. The molecule has 1 N–H and O–H groups in total. The Balaban J connectivity index is 1.95. The van der Waals surface area contributed by atoms with Crippen LogP contribution in [0.3, 0.4) is 0 Å². The molecular weight excluding hydrogens is 397 g/mol. The number of thiophene rings is 1. The quantitative estimate of drug-likeness (QED) is 0.362. The summed E-state index contributed by atoms with van der Waals surface area (Å²) in [6.45, 7) is -0.370. The molecule has 0 aliphatic carbocycles. The molecular formula is C19H16FN5O3S. The summed E-state index contributed by atoms with van der Waals surface area (Å²) >= 11 is 1.17. The van der Waals surface area contributed by atoms with Crippen molar-refractivity contribution < 1.29 is 18.7 Å². The maximum atomic E-state index is 14.1. The first kappa shape index (κ1) is 20.1. The van der Waals surface area contributed by atoms with Crippen LogP contribution in [0, 0.1) is 5.82 Å². The number of carbonyl (C=O) groups excluding carboxylic acids is 2. The molecule has 0 spiro atoms. The molecule has 29 heavy (non-hydrogen) atoms. The van der Waals surface area contributed by atoms with Gasteiger partial charge in [0.05, 0.1) is 24.0 Å². The largest absolute Gasteiger partial charge is 0.497 e. The number of fused-ring (bicyclic) bond motifs is 1. The van der Waals surface area contributed by atoms with Crippen molar-refractivity contribution in [2.24, 2.45) is 5.11 Å². The second-order valence-electron chi connectivity index (χ2n) is 5.91. The first-order valence-electron chi connectivity index (χ1n) is 8.44. The number of carbonyl (C=O) groups is 2. The van der Waals surface area contributed by atoms with Gasteiger partial charge in [-0.1, -0.05) is 29.4 Å². The van der Waals surface area contributed by atoms with Crippen LogP contribution in [0.25, 0.3) is 20.5 Å². The van der Waals surface area contributed by atoms with Gasteiger partial charge in [-0.3, -0.25) is 15.0 Å². The molecule has 2 aromatic carbocycles. The van der Waals surface area contributed by atoms with Crippen LogP contribution in [-0.2, 0) is 11.3 Å². The first-order chi connectivity index (χ1) is 14.0. The van der Waals surface area contributed by atoms with Crippen molar-refractivity contribution in [1.29, 1.82) is 0 Å². The smallest absolute Gasteiger partial charge is 0.328 e. The Morgan fingerprint density at radius 3 is 2.72 bits per heavy atom. The normalized spacial score (nSPS) is 10.3. The van der Waals surface area contributed by atoms with Crippen molar-refractivity contribution in [2.75, 3.05) is 18.6 Å². The molecule has 3 rings (SSSR count). The Kier molecular flexibility index (Phi) is 6.28. The van der Waals surface area contributed by atoms with Crippen molar-refractivity contribution in [3.8, 4) is 5.75 Å². The van der Waals surface area contributed by atoms with E-state index in [1.807, 2.05) is 0 Å². The minimum absolute atomic E-state index is 0.132. The fourth-order valence-electron chi connectivity index (χ4n) is 2.72. The van der Waals surface area contributed by atoms with Gasteiger partial charge in [-0.25, -0.2) is 9.18 Å². The van der Waals surface area contributed by atoms with Gasteiger partial charge in [-0.15, -0.1) is 11.3 Å². The third kappa shape index (κ3) is 4.63. The monoisotopic (exact) mass is 413 g/mol. The summed E-state index contributed by atoms with van der Waals surface area (Å²) in [5, 5.41) is 7.56. The summed E-state index contributed by atoms with van der Waals surface area (Å²) in [4.78, 5) is 28.5. The number of hydrogen-bond donors (Lipinski definition) is 1. The summed E-state index contributed by atoms with van der Waals surface area (Å²) in [5.74, 6) is -0.460. The molecule has 0 aliphatic rings. The zero-order valence-corrected chi connectivity index (χ0v) is 16.1. The van der Waals surface area contributed by atoms with Crippen molar-refractivity contribution in [3.63, 3.8) is 0 Å². The highest BCUT2D eigenvalue weighted by Gasteiger charge is 2.22. The Morgan fingerprint density at radius 1 is 1.28 bits per heavy atom. The fourth-order valence-corrected chi connectivity index (χ4v) is 3.68. The van der Waals surface area contributed by atoms with Gasteiger partial charge in [0.1, 0.15) is 18.1 Å². The Labute approximate surface area is 169 Å². The maximum Gasteiger partial charge on any atom is 0.328 e. The molecule has 3 amide bonds. The number of nitrogens with one attached hydrogen (secondary N) is 1. The van der Waals surface area contributed by atoms with E-state index in [1.54, 1.807) is 48.9 Å². The number of ether oxygens (including phenoxy) is 1. The van der Waals surface area contributed by atoms with Crippen LogP contribution in [0.4, 0.5) is 14.9 Å². The lowest BCUT2D eigenvalue weighted by Gasteiger charge is -2.22. The maximum absolute atomic E-state index is 14.1. The number of hydrogen-bond acceptors (Lipinski definition) is 5. The van der Waals surface area contributed by atoms with E-state index < -0.39 is 18.5 Å². The van der Waals surface area contributed by atoms with Crippen LogP contribution >= 0.6 is 11.3 Å². The highest BCUT2D eigenvalue weighted by molar-refractivity contribution is 7.17. The summed E-state index contributed by atoms with van der Waals surface area (Å²) in [6.07, 6.45) is 0. The molecule has 0 fully saturated rings. The second kappa shape index (κ2) is 9.05. The van der Waals surface area contributed by atoms with Crippen LogP contribution < -0.4 is 15.0 Å². The van der Waals surface area contributed by atoms with Crippen LogP contribution in [0.2, 0.25) is 0 Å². The van der Waals surface area contributed by atoms with E-state index in [0.29, 0.717) is 21.5 Å². The van der Waals surface area contributed by atoms with Crippen LogP contribution in [0.15, 0.2) is 53.0 Å². The molecule has 1 aromatic heterocycles. The lowest BCUT2D eigenvalue weighted by Crippen LogP contribution is -2.43. The SMILES string of the molecule is COc1ccc(CN(C(=O)NC(=O)CN=[N+]=[N-])c2csc3c(F)cccc23)cc1. The molecule has 0 atom stereocenters. The zero-order valence-electron chi connectivity index (χ0n) is 15.3. The molecule has 0 saturated carbocycles. The molecule has 0 aliphatic heterocycles. The number of halogens is 1. The number of imide groups is 1. The lowest BCUT2D eigenvalue weighted by atomic mass is 10.1. The standard InChI is InChI=1S/C19H16FN5O3S/c1-28-13-7-5-12(6-8-13)10-25(19(27)23-17(26)9-22-24-21)16-11-29-18-14(16)3-2-4-15(18)20/h2-8,11H,9-10H2,1H3,(H,23,26,27). The Morgan fingerprint density at radius 2 is 2.03 bits per heavy atom. The predicted molar refractivity (Wildman–Crippen MR) is 109 cm³/mol. The number of nitrogens with zero attached hydrogens (tertiary/aromatic N) is 4. The number of methoxy groups -OCH3 is 1. The molecule has 0 bridgehead atoms. The van der Waals surface area contributed by atoms with Gasteiger partial charge in [0, 0.05) is 15.7 Å². The third-order valence-corrected chi connectivity index (χ3v) is 5.08. The van der Waals surface area contributed by atoms with Crippen molar-refractivity contribution in [1.82, 2.24) is 5.32 Å². The molecule has 1 heterocycles. The molecule has 148 valence electrons. The summed E-state index contributed by atoms with van der Waals surface area (Å²) in [6, 6.07) is 11.0. The van der Waals surface area contributed by atoms with Crippen molar-refractivity contribution in [2.45, 2.75) is 6.54 Å². The minimum Gasteiger partial charge on any atom is -0.497 e. The van der Waals surface area contributed by atoms with Crippen molar-refractivity contribution in [3.05, 3.63) is 69.7 Å².